The van der Waals surface area contributed by atoms with Gasteiger partial charge >= 0.3 is 12.3 Å². The van der Waals surface area contributed by atoms with Crippen LogP contribution < -0.4 is 20.3 Å². The minimum Gasteiger partial charge on any atom is -0.496 e. The van der Waals surface area contributed by atoms with Crippen molar-refractivity contribution >= 4 is 17.8 Å². The molecule has 0 saturated carbocycles. The zero-order valence-electron chi connectivity index (χ0n) is 25.9. The number of alkyl carbamates (subject to hydrolysis) is 1. The minimum atomic E-state index is -4.55. The fourth-order valence-electron chi connectivity index (χ4n) is 4.41. The summed E-state index contributed by atoms with van der Waals surface area (Å²) >= 11 is 0. The van der Waals surface area contributed by atoms with Gasteiger partial charge in [-0.3, -0.25) is 4.79 Å². The lowest BCUT2D eigenvalue weighted by atomic mass is 9.97. The molecule has 1 fully saturated rings. The average molecular weight is 611 g/mol. The number of nitrogens with zero attached hydrogens (tertiary/aromatic N) is 2. The maximum atomic E-state index is 13.4. The van der Waals surface area contributed by atoms with E-state index in [1.165, 1.54) is 13.2 Å². The quantitative estimate of drug-likeness (QED) is 0.323. The van der Waals surface area contributed by atoms with Crippen LogP contribution in [0.2, 0.25) is 0 Å². The van der Waals surface area contributed by atoms with E-state index in [9.17, 15) is 22.8 Å². The van der Waals surface area contributed by atoms with Gasteiger partial charge in [0.05, 0.1) is 13.0 Å². The van der Waals surface area contributed by atoms with Gasteiger partial charge in [-0.2, -0.15) is 13.2 Å². The number of amides is 2. The summed E-state index contributed by atoms with van der Waals surface area (Å²) in [6, 6.07) is 7.62. The second-order valence-electron chi connectivity index (χ2n) is 11.2. The number of piperidine rings is 1. The van der Waals surface area contributed by atoms with Gasteiger partial charge in [0.25, 0.3) is 0 Å². The van der Waals surface area contributed by atoms with Crippen molar-refractivity contribution in [3.05, 3.63) is 52.7 Å². The minimum absolute atomic E-state index is 0. The summed E-state index contributed by atoms with van der Waals surface area (Å²) in [6.45, 7) is 14.6. The number of ether oxygens (including phenoxy) is 2. The molecule has 2 N–H and O–H groups in total. The van der Waals surface area contributed by atoms with Crippen LogP contribution in [0.3, 0.4) is 0 Å². The number of halogens is 3. The fraction of sp³-hybridized carbons (Fsp3) is 0.594. The number of carbonyl (C=O) groups is 2. The Balaban J connectivity index is 0.00000302. The van der Waals surface area contributed by atoms with E-state index in [0.717, 1.165) is 18.9 Å². The van der Waals surface area contributed by atoms with E-state index in [1.54, 1.807) is 45.9 Å². The van der Waals surface area contributed by atoms with Gasteiger partial charge in [0, 0.05) is 37.3 Å². The van der Waals surface area contributed by atoms with E-state index < -0.39 is 29.5 Å². The lowest BCUT2D eigenvalue weighted by molar-refractivity contribution is -0.141. The van der Waals surface area contributed by atoms with Crippen molar-refractivity contribution in [2.24, 2.45) is 5.92 Å². The molecule has 1 atom stereocenters. The Kier molecular flexibility index (Phi) is 14.3. The normalized spacial score (nSPS) is 14.4. The largest absolute Gasteiger partial charge is 0.496 e. The van der Waals surface area contributed by atoms with Crippen molar-refractivity contribution in [2.45, 2.75) is 99.5 Å². The number of pyridine rings is 1. The van der Waals surface area contributed by atoms with Gasteiger partial charge in [-0.1, -0.05) is 46.4 Å². The lowest BCUT2D eigenvalue weighted by Crippen LogP contribution is -2.35. The van der Waals surface area contributed by atoms with Gasteiger partial charge in [0.1, 0.15) is 22.9 Å². The molecule has 242 valence electrons. The van der Waals surface area contributed by atoms with Crippen LogP contribution in [0.25, 0.3) is 0 Å². The molecule has 1 unspecified atom stereocenters. The Labute approximate surface area is 254 Å². The molecule has 0 bridgehead atoms. The predicted molar refractivity (Wildman–Crippen MR) is 164 cm³/mol. The number of aromatic nitrogens is 1. The molecule has 2 aromatic rings. The van der Waals surface area contributed by atoms with Gasteiger partial charge in [0.15, 0.2) is 0 Å². The highest BCUT2D eigenvalue weighted by Crippen LogP contribution is 2.32. The first-order valence-corrected chi connectivity index (χ1v) is 14.4. The van der Waals surface area contributed by atoms with Crippen LogP contribution in [0.4, 0.5) is 23.8 Å². The average Bonchev–Trinajstić information content (AvgIpc) is 2.94. The van der Waals surface area contributed by atoms with Crippen LogP contribution in [-0.2, 0) is 28.8 Å². The molecule has 1 aliphatic heterocycles. The number of nitrogens with one attached hydrogen (secondary N) is 2. The van der Waals surface area contributed by atoms with Crippen LogP contribution in [0.15, 0.2) is 30.3 Å². The van der Waals surface area contributed by atoms with Crippen LogP contribution in [0.5, 0.6) is 5.75 Å². The van der Waals surface area contributed by atoms with E-state index in [2.05, 4.69) is 22.5 Å². The Bertz CT molecular complexity index is 1190. The summed E-state index contributed by atoms with van der Waals surface area (Å²) in [7, 11) is 1.50. The molecule has 43 heavy (non-hydrogen) atoms. The van der Waals surface area contributed by atoms with E-state index in [1.807, 2.05) is 18.7 Å². The molecule has 1 aromatic heterocycles. The number of anilines is 1. The summed E-state index contributed by atoms with van der Waals surface area (Å²) in [5.41, 5.74) is 0.360. The first-order valence-electron chi connectivity index (χ1n) is 14.4. The third kappa shape index (κ3) is 11.3. The molecule has 11 heteroatoms. The van der Waals surface area contributed by atoms with Crippen molar-refractivity contribution in [3.63, 3.8) is 0 Å². The zero-order chi connectivity index (χ0) is 31.7. The number of carbonyl (C=O) groups excluding carboxylic acids is 2. The van der Waals surface area contributed by atoms with Crippen LogP contribution in [0, 0.1) is 5.92 Å². The highest BCUT2D eigenvalue weighted by atomic mass is 19.4. The Morgan fingerprint density at radius 1 is 1.02 bits per heavy atom. The number of benzene rings is 1. The molecule has 8 nitrogen and oxygen atoms in total. The van der Waals surface area contributed by atoms with Crippen LogP contribution >= 0.6 is 0 Å². The third-order valence-corrected chi connectivity index (χ3v) is 6.81. The van der Waals surface area contributed by atoms with E-state index >= 15 is 0 Å². The van der Waals surface area contributed by atoms with Crippen molar-refractivity contribution in [1.82, 2.24) is 15.6 Å². The summed E-state index contributed by atoms with van der Waals surface area (Å²) in [5, 5.41) is 5.54. The monoisotopic (exact) mass is 610 g/mol. The molecule has 1 saturated heterocycles. The van der Waals surface area contributed by atoms with Crippen LogP contribution in [-0.4, -0.2) is 42.8 Å². The van der Waals surface area contributed by atoms with Crippen molar-refractivity contribution in [3.8, 4) is 5.75 Å². The van der Waals surface area contributed by atoms with E-state index in [0.29, 0.717) is 41.4 Å². The van der Waals surface area contributed by atoms with Gasteiger partial charge in [0.2, 0.25) is 5.91 Å². The summed E-state index contributed by atoms with van der Waals surface area (Å²) in [5.74, 6) is 0.408. The lowest BCUT2D eigenvalue weighted by Gasteiger charge is -2.33. The summed E-state index contributed by atoms with van der Waals surface area (Å²) < 4.78 is 50.9. The van der Waals surface area contributed by atoms with E-state index in [4.69, 9.17) is 9.47 Å². The smallest absolute Gasteiger partial charge is 0.433 e. The van der Waals surface area contributed by atoms with Crippen LogP contribution in [0.1, 0.15) is 97.0 Å². The molecule has 3 rings (SSSR count). The second kappa shape index (κ2) is 16.4. The first-order chi connectivity index (χ1) is 19.7. The molecule has 0 radical (unpaired) electrons. The Hall–Kier alpha value is -3.50. The molecule has 1 aliphatic rings. The number of methoxy groups -OCH3 is 1. The van der Waals surface area contributed by atoms with Crippen molar-refractivity contribution in [1.29, 1.82) is 0 Å². The molecular formula is C32H49F3N4O4. The Morgan fingerprint density at radius 3 is 2.16 bits per heavy atom. The predicted octanol–water partition coefficient (Wildman–Crippen LogP) is 7.45. The fourth-order valence-corrected chi connectivity index (χ4v) is 4.41. The second-order valence-corrected chi connectivity index (χ2v) is 11.2. The summed E-state index contributed by atoms with van der Waals surface area (Å²) in [6.07, 6.45) is -3.37. The maximum Gasteiger partial charge on any atom is 0.433 e. The third-order valence-electron chi connectivity index (χ3n) is 6.81. The molecule has 1 aromatic carbocycles. The number of hydrogen-bond donors (Lipinski definition) is 2. The van der Waals surface area contributed by atoms with Gasteiger partial charge in [-0.25, -0.2) is 9.78 Å². The van der Waals surface area contributed by atoms with Gasteiger partial charge in [-0.05, 0) is 64.2 Å². The highest BCUT2D eigenvalue weighted by molar-refractivity contribution is 5.83. The molecular weight excluding hydrogens is 561 g/mol. The number of alkyl halides is 3. The first kappa shape index (κ1) is 37.5. The van der Waals surface area contributed by atoms with E-state index in [-0.39, 0.29) is 32.2 Å². The zero-order valence-corrected chi connectivity index (χ0v) is 25.9. The molecule has 2 heterocycles. The topological polar surface area (TPSA) is 92.8 Å². The van der Waals surface area contributed by atoms with Gasteiger partial charge in [-0.15, -0.1) is 0 Å². The van der Waals surface area contributed by atoms with Crippen molar-refractivity contribution < 1.29 is 32.2 Å². The molecule has 0 aliphatic carbocycles. The van der Waals surface area contributed by atoms with Gasteiger partial charge < -0.3 is 25.0 Å². The van der Waals surface area contributed by atoms with Crippen molar-refractivity contribution in [2.75, 3.05) is 25.1 Å². The number of hydrogen-bond acceptors (Lipinski definition) is 6. The number of rotatable bonds is 8. The molecule has 2 amide bonds. The standard InChI is InChI=1S/C29H39F3N4O4.C2H6.CH4/c1-18-11-13-36(14-12-18)25-22(9-10-24(35-25)29(30,31)32)17-33-26(37)19(2)20-7-8-21(23(15-20)39-6)16-34-27(38)40-28(3,4)5;1-2;/h7-10,15,18-19H,11-14,16-17H2,1-6H3,(H,33,37)(H,34,38);1-2H3;1H4. The SMILES string of the molecule is C.CC.COc1cc(C(C)C(=O)NCc2ccc(C(F)(F)F)nc2N2CCC(C)CC2)ccc1CNC(=O)OC(C)(C)C. The maximum absolute atomic E-state index is 13.4. The summed E-state index contributed by atoms with van der Waals surface area (Å²) in [4.78, 5) is 30.9. The Morgan fingerprint density at radius 2 is 1.60 bits per heavy atom. The highest BCUT2D eigenvalue weighted by Gasteiger charge is 2.34. The molecule has 0 spiro atoms.